The Labute approximate surface area is 130 Å². The topological polar surface area (TPSA) is 29.1 Å². The smallest absolute Gasteiger partial charge is 0.224 e. The van der Waals surface area contributed by atoms with Gasteiger partial charge in [-0.1, -0.05) is 55.0 Å². The Morgan fingerprint density at radius 2 is 1.73 bits per heavy atom. The van der Waals surface area contributed by atoms with Crippen molar-refractivity contribution in [3.8, 4) is 0 Å². The van der Waals surface area contributed by atoms with E-state index in [4.69, 9.17) is 0 Å². The van der Waals surface area contributed by atoms with Gasteiger partial charge >= 0.3 is 0 Å². The number of carbonyl (C=O) groups excluding carboxylic acids is 1. The van der Waals surface area contributed by atoms with E-state index in [2.05, 4.69) is 17.4 Å². The Kier molecular flexibility index (Phi) is 4.23. The van der Waals surface area contributed by atoms with Crippen molar-refractivity contribution in [1.29, 1.82) is 0 Å². The summed E-state index contributed by atoms with van der Waals surface area (Å²) in [7, 11) is 0. The molecule has 22 heavy (non-hydrogen) atoms. The zero-order valence-electron chi connectivity index (χ0n) is 12.5. The van der Waals surface area contributed by atoms with Crippen LogP contribution in [0.4, 0.5) is 4.39 Å². The maximum atomic E-state index is 13.6. The molecule has 0 saturated heterocycles. The van der Waals surface area contributed by atoms with Crippen molar-refractivity contribution in [3.05, 3.63) is 71.5 Å². The molecule has 0 aromatic heterocycles. The molecular weight excluding hydrogens is 277 g/mol. The highest BCUT2D eigenvalue weighted by Gasteiger charge is 2.38. The van der Waals surface area contributed by atoms with Crippen LogP contribution in [0.5, 0.6) is 0 Å². The van der Waals surface area contributed by atoms with Crippen molar-refractivity contribution in [3.63, 3.8) is 0 Å². The zero-order valence-corrected chi connectivity index (χ0v) is 12.5. The molecule has 0 spiro atoms. The molecule has 3 rings (SSSR count). The summed E-state index contributed by atoms with van der Waals surface area (Å²) in [6, 6.07) is 16.8. The van der Waals surface area contributed by atoms with E-state index in [1.165, 1.54) is 18.1 Å². The summed E-state index contributed by atoms with van der Waals surface area (Å²) in [4.78, 5) is 12.1. The van der Waals surface area contributed by atoms with Crippen LogP contribution in [0.15, 0.2) is 54.6 Å². The minimum absolute atomic E-state index is 0.0617. The molecule has 0 atom stereocenters. The summed E-state index contributed by atoms with van der Waals surface area (Å²) < 4.78 is 13.6. The van der Waals surface area contributed by atoms with Gasteiger partial charge in [-0.2, -0.15) is 0 Å². The Bertz CT molecular complexity index is 649. The highest BCUT2D eigenvalue weighted by molar-refractivity contribution is 5.78. The normalized spacial score (nSPS) is 15.9. The molecule has 0 unspecified atom stereocenters. The molecule has 1 N–H and O–H groups in total. The molecule has 0 bridgehead atoms. The highest BCUT2D eigenvalue weighted by Crippen LogP contribution is 2.43. The number of halogens is 1. The molecule has 1 saturated carbocycles. The van der Waals surface area contributed by atoms with Gasteiger partial charge in [-0.25, -0.2) is 4.39 Å². The number of carbonyl (C=O) groups is 1. The number of nitrogens with one attached hydrogen (secondary N) is 1. The summed E-state index contributed by atoms with van der Waals surface area (Å²) in [6.45, 7) is 0.629. The van der Waals surface area contributed by atoms with Gasteiger partial charge in [0, 0.05) is 12.0 Å². The zero-order chi connectivity index (χ0) is 15.4. The van der Waals surface area contributed by atoms with Gasteiger partial charge in [0.1, 0.15) is 5.82 Å². The first-order valence-corrected chi connectivity index (χ1v) is 7.75. The SMILES string of the molecule is O=C(Cc1ccccc1F)NCC1(c2ccccc2)CCC1. The average molecular weight is 297 g/mol. The maximum absolute atomic E-state index is 13.6. The lowest BCUT2D eigenvalue weighted by atomic mass is 9.64. The Hall–Kier alpha value is -2.16. The van der Waals surface area contributed by atoms with E-state index < -0.39 is 0 Å². The van der Waals surface area contributed by atoms with Crippen molar-refractivity contribution >= 4 is 5.91 Å². The molecule has 0 radical (unpaired) electrons. The molecule has 0 aliphatic heterocycles. The van der Waals surface area contributed by atoms with Gasteiger partial charge in [0.25, 0.3) is 0 Å². The fourth-order valence-corrected chi connectivity index (χ4v) is 3.11. The second-order valence-corrected chi connectivity index (χ2v) is 6.04. The summed E-state index contributed by atoms with van der Waals surface area (Å²) in [5.74, 6) is -0.439. The number of rotatable bonds is 5. The predicted octanol–water partition coefficient (Wildman–Crippen LogP) is 3.61. The maximum Gasteiger partial charge on any atom is 0.224 e. The first-order valence-electron chi connectivity index (χ1n) is 7.75. The van der Waals surface area contributed by atoms with Crippen molar-refractivity contribution in [2.24, 2.45) is 0 Å². The fourth-order valence-electron chi connectivity index (χ4n) is 3.11. The molecule has 1 amide bonds. The van der Waals surface area contributed by atoms with E-state index in [0.29, 0.717) is 12.1 Å². The van der Waals surface area contributed by atoms with Crippen LogP contribution in [0.3, 0.4) is 0 Å². The van der Waals surface area contributed by atoms with Gasteiger partial charge in [0.05, 0.1) is 6.42 Å². The molecule has 2 aromatic rings. The van der Waals surface area contributed by atoms with Crippen LogP contribution < -0.4 is 5.32 Å². The van der Waals surface area contributed by atoms with E-state index in [1.54, 1.807) is 18.2 Å². The number of amides is 1. The van der Waals surface area contributed by atoms with Gasteiger partial charge in [-0.3, -0.25) is 4.79 Å². The van der Waals surface area contributed by atoms with Crippen molar-refractivity contribution in [2.45, 2.75) is 31.1 Å². The average Bonchev–Trinajstić information content (AvgIpc) is 2.50. The third-order valence-electron chi connectivity index (χ3n) is 4.63. The van der Waals surface area contributed by atoms with Gasteiger partial charge in [-0.15, -0.1) is 0 Å². The monoisotopic (exact) mass is 297 g/mol. The largest absolute Gasteiger partial charge is 0.355 e. The van der Waals surface area contributed by atoms with E-state index in [1.807, 2.05) is 18.2 Å². The first-order chi connectivity index (χ1) is 10.7. The molecule has 2 nitrogen and oxygen atoms in total. The van der Waals surface area contributed by atoms with Gasteiger partial charge in [0.15, 0.2) is 0 Å². The molecule has 114 valence electrons. The molecule has 1 aliphatic carbocycles. The number of hydrogen-bond acceptors (Lipinski definition) is 1. The first kappa shape index (κ1) is 14.8. The lowest BCUT2D eigenvalue weighted by Gasteiger charge is -2.42. The van der Waals surface area contributed by atoms with Crippen LogP contribution in [0, 0.1) is 5.82 Å². The van der Waals surface area contributed by atoms with E-state index in [-0.39, 0.29) is 23.6 Å². The van der Waals surface area contributed by atoms with Crippen LogP contribution in [-0.4, -0.2) is 12.5 Å². The number of benzene rings is 2. The Morgan fingerprint density at radius 1 is 1.05 bits per heavy atom. The minimum Gasteiger partial charge on any atom is -0.355 e. The van der Waals surface area contributed by atoms with E-state index in [0.717, 1.165) is 12.8 Å². The predicted molar refractivity (Wildman–Crippen MR) is 85.1 cm³/mol. The number of hydrogen-bond donors (Lipinski definition) is 1. The standard InChI is InChI=1S/C19H20FNO/c20-17-10-5-4-7-15(17)13-18(22)21-14-19(11-6-12-19)16-8-2-1-3-9-16/h1-5,7-10H,6,11-14H2,(H,21,22). The summed E-state index contributed by atoms with van der Waals surface area (Å²) >= 11 is 0. The van der Waals surface area contributed by atoms with Gasteiger partial charge in [0.2, 0.25) is 5.91 Å². The van der Waals surface area contributed by atoms with Crippen molar-refractivity contribution in [1.82, 2.24) is 5.32 Å². The molecular formula is C19H20FNO. The third kappa shape index (κ3) is 3.03. The summed E-state index contributed by atoms with van der Waals surface area (Å²) in [5.41, 5.74) is 1.79. The molecule has 3 heteroatoms. The van der Waals surface area contributed by atoms with E-state index in [9.17, 15) is 9.18 Å². The van der Waals surface area contributed by atoms with E-state index >= 15 is 0 Å². The molecule has 0 heterocycles. The highest BCUT2D eigenvalue weighted by atomic mass is 19.1. The van der Waals surface area contributed by atoms with Gasteiger partial charge in [-0.05, 0) is 30.0 Å². The van der Waals surface area contributed by atoms with Crippen LogP contribution in [0.1, 0.15) is 30.4 Å². The Morgan fingerprint density at radius 3 is 2.36 bits per heavy atom. The molecule has 2 aromatic carbocycles. The third-order valence-corrected chi connectivity index (χ3v) is 4.63. The summed E-state index contributed by atoms with van der Waals surface area (Å²) in [6.07, 6.45) is 3.48. The fraction of sp³-hybridized carbons (Fsp3) is 0.316. The van der Waals surface area contributed by atoms with Crippen molar-refractivity contribution in [2.75, 3.05) is 6.54 Å². The second kappa shape index (κ2) is 6.30. The lowest BCUT2D eigenvalue weighted by molar-refractivity contribution is -0.120. The molecule has 1 fully saturated rings. The van der Waals surface area contributed by atoms with Crippen LogP contribution in [0.2, 0.25) is 0 Å². The lowest BCUT2D eigenvalue weighted by Crippen LogP contribution is -2.45. The summed E-state index contributed by atoms with van der Waals surface area (Å²) in [5, 5.41) is 2.99. The second-order valence-electron chi connectivity index (χ2n) is 6.04. The van der Waals surface area contributed by atoms with Gasteiger partial charge < -0.3 is 5.32 Å². The van der Waals surface area contributed by atoms with Crippen LogP contribution >= 0.6 is 0 Å². The quantitative estimate of drug-likeness (QED) is 0.897. The van der Waals surface area contributed by atoms with Crippen molar-refractivity contribution < 1.29 is 9.18 Å². The molecule has 1 aliphatic rings. The van der Waals surface area contributed by atoms with Crippen LogP contribution in [-0.2, 0) is 16.6 Å². The van der Waals surface area contributed by atoms with Crippen LogP contribution in [0.25, 0.3) is 0 Å². The minimum atomic E-state index is -0.320. The Balaban J connectivity index is 1.62.